The highest BCUT2D eigenvalue weighted by molar-refractivity contribution is 6.32. The number of anilines is 1. The van der Waals surface area contributed by atoms with Crippen LogP contribution in [0.5, 0.6) is 11.5 Å². The summed E-state index contributed by atoms with van der Waals surface area (Å²) in [6, 6.07) is 3.63. The maximum absolute atomic E-state index is 6.08. The van der Waals surface area contributed by atoms with Gasteiger partial charge in [0.15, 0.2) is 0 Å². The normalized spacial score (nSPS) is 18.1. The van der Waals surface area contributed by atoms with Crippen molar-refractivity contribution in [2.75, 3.05) is 32.7 Å². The summed E-state index contributed by atoms with van der Waals surface area (Å²) in [5.74, 6) is 1.38. The molecule has 0 spiro atoms. The highest BCUT2D eigenvalue weighted by Crippen LogP contribution is 2.35. The van der Waals surface area contributed by atoms with Gasteiger partial charge in [0.1, 0.15) is 11.5 Å². The summed E-state index contributed by atoms with van der Waals surface area (Å²) in [4.78, 5) is 0. The van der Waals surface area contributed by atoms with Crippen molar-refractivity contribution in [1.29, 1.82) is 0 Å². The molecule has 1 atom stereocenters. The lowest BCUT2D eigenvalue weighted by Crippen LogP contribution is -2.09. The minimum absolute atomic E-state index is 0.443. The van der Waals surface area contributed by atoms with Crippen molar-refractivity contribution in [3.05, 3.63) is 17.2 Å². The molecule has 1 aromatic rings. The van der Waals surface area contributed by atoms with Gasteiger partial charge in [0.2, 0.25) is 0 Å². The Kier molecular flexibility index (Phi) is 5.80. The molecular formula is C15H22ClNO3. The van der Waals surface area contributed by atoms with Crippen molar-refractivity contribution in [3.8, 4) is 11.5 Å². The van der Waals surface area contributed by atoms with Crippen LogP contribution >= 0.6 is 11.6 Å². The van der Waals surface area contributed by atoms with Gasteiger partial charge in [-0.25, -0.2) is 0 Å². The van der Waals surface area contributed by atoms with E-state index < -0.39 is 0 Å². The molecule has 0 amide bonds. The van der Waals surface area contributed by atoms with Crippen molar-refractivity contribution in [3.63, 3.8) is 0 Å². The summed E-state index contributed by atoms with van der Waals surface area (Å²) >= 11 is 6.08. The van der Waals surface area contributed by atoms with Crippen LogP contribution in [-0.2, 0) is 4.74 Å². The zero-order valence-electron chi connectivity index (χ0n) is 12.1. The average molecular weight is 300 g/mol. The molecule has 2 rings (SSSR count). The molecule has 1 aliphatic rings. The van der Waals surface area contributed by atoms with E-state index in [4.69, 9.17) is 25.8 Å². The summed E-state index contributed by atoms with van der Waals surface area (Å²) in [7, 11) is 3.24. The monoisotopic (exact) mass is 299 g/mol. The van der Waals surface area contributed by atoms with E-state index in [0.717, 1.165) is 37.4 Å². The Morgan fingerprint density at radius 3 is 2.75 bits per heavy atom. The molecular weight excluding hydrogens is 278 g/mol. The van der Waals surface area contributed by atoms with E-state index in [1.54, 1.807) is 20.3 Å². The van der Waals surface area contributed by atoms with Crippen LogP contribution in [0.3, 0.4) is 0 Å². The Balaban J connectivity index is 1.87. The second kappa shape index (κ2) is 7.60. The van der Waals surface area contributed by atoms with E-state index in [1.165, 1.54) is 12.8 Å². The van der Waals surface area contributed by atoms with Crippen molar-refractivity contribution >= 4 is 17.3 Å². The van der Waals surface area contributed by atoms with E-state index in [-0.39, 0.29) is 0 Å². The van der Waals surface area contributed by atoms with Gasteiger partial charge in [0.25, 0.3) is 0 Å². The molecule has 0 radical (unpaired) electrons. The third-order valence-corrected chi connectivity index (χ3v) is 3.81. The lowest BCUT2D eigenvalue weighted by atomic mass is 10.1. The first-order valence-corrected chi connectivity index (χ1v) is 7.39. The number of rotatable bonds is 7. The van der Waals surface area contributed by atoms with Gasteiger partial charge in [0.05, 0.1) is 31.0 Å². The van der Waals surface area contributed by atoms with Crippen molar-refractivity contribution in [2.24, 2.45) is 0 Å². The highest BCUT2D eigenvalue weighted by Gasteiger charge is 2.15. The second-order valence-corrected chi connectivity index (χ2v) is 5.30. The Labute approximate surface area is 125 Å². The van der Waals surface area contributed by atoms with Gasteiger partial charge in [-0.15, -0.1) is 0 Å². The summed E-state index contributed by atoms with van der Waals surface area (Å²) in [5.41, 5.74) is 0.904. The van der Waals surface area contributed by atoms with Gasteiger partial charge in [-0.3, -0.25) is 0 Å². The Morgan fingerprint density at radius 1 is 1.30 bits per heavy atom. The van der Waals surface area contributed by atoms with Crippen molar-refractivity contribution in [2.45, 2.75) is 31.8 Å². The first-order valence-electron chi connectivity index (χ1n) is 7.01. The Bertz CT molecular complexity index is 433. The van der Waals surface area contributed by atoms with Crippen LogP contribution in [0.2, 0.25) is 5.02 Å². The first-order chi connectivity index (χ1) is 9.74. The topological polar surface area (TPSA) is 39.7 Å². The largest absolute Gasteiger partial charge is 0.495 e. The number of hydrogen-bond acceptors (Lipinski definition) is 4. The smallest absolute Gasteiger partial charge is 0.143 e. The zero-order valence-corrected chi connectivity index (χ0v) is 12.8. The molecule has 1 fully saturated rings. The van der Waals surface area contributed by atoms with Gasteiger partial charge < -0.3 is 19.5 Å². The van der Waals surface area contributed by atoms with E-state index in [0.29, 0.717) is 16.9 Å². The standard InChI is InChI=1S/C15H22ClNO3/c1-18-14-10-13(15(19-2)9-12(14)16)17-7-3-5-11-6-4-8-20-11/h9-11,17H,3-8H2,1-2H3. The van der Waals surface area contributed by atoms with Crippen LogP contribution in [-0.4, -0.2) is 33.5 Å². The van der Waals surface area contributed by atoms with E-state index in [2.05, 4.69) is 5.32 Å². The molecule has 4 nitrogen and oxygen atoms in total. The third-order valence-electron chi connectivity index (χ3n) is 3.52. The summed E-state index contributed by atoms with van der Waals surface area (Å²) < 4.78 is 16.2. The molecule has 20 heavy (non-hydrogen) atoms. The predicted octanol–water partition coefficient (Wildman–Crippen LogP) is 3.73. The Hall–Kier alpha value is -1.13. The minimum atomic E-state index is 0.443. The number of benzene rings is 1. The van der Waals surface area contributed by atoms with E-state index >= 15 is 0 Å². The first kappa shape index (κ1) is 15.3. The van der Waals surface area contributed by atoms with Crippen molar-refractivity contribution in [1.82, 2.24) is 0 Å². The van der Waals surface area contributed by atoms with Gasteiger partial charge >= 0.3 is 0 Å². The third kappa shape index (κ3) is 3.93. The molecule has 1 N–H and O–H groups in total. The van der Waals surface area contributed by atoms with Crippen LogP contribution < -0.4 is 14.8 Å². The van der Waals surface area contributed by atoms with Gasteiger partial charge in [-0.1, -0.05) is 11.6 Å². The van der Waals surface area contributed by atoms with E-state index in [1.807, 2.05) is 6.07 Å². The Morgan fingerprint density at radius 2 is 2.10 bits per heavy atom. The summed E-state index contributed by atoms with van der Waals surface area (Å²) in [6.45, 7) is 1.79. The van der Waals surface area contributed by atoms with Crippen LogP contribution in [0.25, 0.3) is 0 Å². The van der Waals surface area contributed by atoms with Crippen molar-refractivity contribution < 1.29 is 14.2 Å². The SMILES string of the molecule is COc1cc(NCCCC2CCCO2)c(OC)cc1Cl. The molecule has 1 aromatic carbocycles. The molecule has 112 valence electrons. The van der Waals surface area contributed by atoms with Crippen LogP contribution in [0, 0.1) is 0 Å². The molecule has 1 unspecified atom stereocenters. The lowest BCUT2D eigenvalue weighted by molar-refractivity contribution is 0.103. The molecule has 0 saturated carbocycles. The van der Waals surface area contributed by atoms with Gasteiger partial charge in [0, 0.05) is 25.3 Å². The summed E-state index contributed by atoms with van der Waals surface area (Å²) in [6.07, 6.45) is 5.00. The van der Waals surface area contributed by atoms with E-state index in [9.17, 15) is 0 Å². The van der Waals surface area contributed by atoms with Crippen LogP contribution in [0.4, 0.5) is 5.69 Å². The van der Waals surface area contributed by atoms with Crippen LogP contribution in [0.1, 0.15) is 25.7 Å². The molecule has 1 saturated heterocycles. The molecule has 1 aliphatic heterocycles. The highest BCUT2D eigenvalue weighted by atomic mass is 35.5. The number of halogens is 1. The molecule has 1 heterocycles. The fourth-order valence-corrected chi connectivity index (χ4v) is 2.65. The van der Waals surface area contributed by atoms with Gasteiger partial charge in [-0.05, 0) is 25.7 Å². The number of hydrogen-bond donors (Lipinski definition) is 1. The van der Waals surface area contributed by atoms with Crippen LogP contribution in [0.15, 0.2) is 12.1 Å². The molecule has 0 aliphatic carbocycles. The predicted molar refractivity (Wildman–Crippen MR) is 81.3 cm³/mol. The number of ether oxygens (including phenoxy) is 3. The number of methoxy groups -OCH3 is 2. The summed E-state index contributed by atoms with van der Waals surface area (Å²) in [5, 5.41) is 3.92. The second-order valence-electron chi connectivity index (χ2n) is 4.89. The number of nitrogens with one attached hydrogen (secondary N) is 1. The zero-order chi connectivity index (χ0) is 14.4. The fraction of sp³-hybridized carbons (Fsp3) is 0.600. The lowest BCUT2D eigenvalue weighted by Gasteiger charge is -2.14. The molecule has 0 bridgehead atoms. The average Bonchev–Trinajstić information content (AvgIpc) is 2.97. The fourth-order valence-electron chi connectivity index (χ4n) is 2.42. The molecule has 0 aromatic heterocycles. The molecule has 5 heteroatoms. The van der Waals surface area contributed by atoms with Gasteiger partial charge in [-0.2, -0.15) is 0 Å². The maximum Gasteiger partial charge on any atom is 0.143 e. The maximum atomic E-state index is 6.08. The quantitative estimate of drug-likeness (QED) is 0.779. The minimum Gasteiger partial charge on any atom is -0.495 e.